The Morgan fingerprint density at radius 2 is 2.08 bits per heavy atom. The van der Waals surface area contributed by atoms with Crippen LogP contribution in [0.2, 0.25) is 0 Å². The molecule has 2 amide bonds. The quantitative estimate of drug-likeness (QED) is 0.922. The molecular weight excluding hydrogens is 304 g/mol. The fraction of sp³-hybridized carbons (Fsp3) is 0.667. The molecule has 1 unspecified atom stereocenters. The van der Waals surface area contributed by atoms with E-state index in [0.717, 1.165) is 30.4 Å². The van der Waals surface area contributed by atoms with Crippen molar-refractivity contribution in [1.29, 1.82) is 0 Å². The van der Waals surface area contributed by atoms with Gasteiger partial charge in [-0.2, -0.15) is 0 Å². The highest BCUT2D eigenvalue weighted by atomic mass is 16.5. The SMILES string of the molecule is CC1CCN(c2ccc(CNC(=O)N3CCOCC3C)cn2)CC1. The Hall–Kier alpha value is -1.82. The number of carbonyl (C=O) groups excluding carboxylic acids is 1. The highest BCUT2D eigenvalue weighted by Gasteiger charge is 2.23. The number of ether oxygens (including phenoxy) is 1. The highest BCUT2D eigenvalue weighted by Crippen LogP contribution is 2.21. The van der Waals surface area contributed by atoms with E-state index in [-0.39, 0.29) is 12.1 Å². The summed E-state index contributed by atoms with van der Waals surface area (Å²) in [6.45, 7) is 8.87. The second-order valence-corrected chi connectivity index (χ2v) is 6.97. The van der Waals surface area contributed by atoms with Crippen molar-refractivity contribution in [1.82, 2.24) is 15.2 Å². The van der Waals surface area contributed by atoms with Gasteiger partial charge in [0.1, 0.15) is 5.82 Å². The van der Waals surface area contributed by atoms with Crippen LogP contribution in [0.4, 0.5) is 10.6 Å². The minimum atomic E-state index is -0.0279. The van der Waals surface area contributed by atoms with Crippen molar-refractivity contribution in [2.24, 2.45) is 5.92 Å². The van der Waals surface area contributed by atoms with Gasteiger partial charge < -0.3 is 19.9 Å². The van der Waals surface area contributed by atoms with Gasteiger partial charge >= 0.3 is 6.03 Å². The van der Waals surface area contributed by atoms with Crippen molar-refractivity contribution in [3.8, 4) is 0 Å². The standard InChI is InChI=1S/C18H28N4O2/c1-14-5-7-21(8-6-14)17-4-3-16(11-19-17)12-20-18(23)22-9-10-24-13-15(22)2/h3-4,11,14-15H,5-10,12-13H2,1-2H3,(H,20,23). The van der Waals surface area contributed by atoms with E-state index in [4.69, 9.17) is 4.74 Å². The molecule has 2 saturated heterocycles. The Kier molecular flexibility index (Phi) is 5.56. The molecule has 1 aromatic heterocycles. The summed E-state index contributed by atoms with van der Waals surface area (Å²) in [5.74, 6) is 1.86. The van der Waals surface area contributed by atoms with Crippen molar-refractivity contribution < 1.29 is 9.53 Å². The summed E-state index contributed by atoms with van der Waals surface area (Å²) in [6, 6.07) is 4.22. The van der Waals surface area contributed by atoms with Gasteiger partial charge in [0.2, 0.25) is 0 Å². The van der Waals surface area contributed by atoms with Gasteiger partial charge in [-0.25, -0.2) is 9.78 Å². The summed E-state index contributed by atoms with van der Waals surface area (Å²) in [4.78, 5) is 21.0. The largest absolute Gasteiger partial charge is 0.377 e. The van der Waals surface area contributed by atoms with E-state index in [0.29, 0.717) is 26.3 Å². The molecule has 6 heteroatoms. The lowest BCUT2D eigenvalue weighted by atomic mass is 9.99. The predicted molar refractivity (Wildman–Crippen MR) is 94.1 cm³/mol. The number of morpholine rings is 1. The van der Waals surface area contributed by atoms with E-state index in [2.05, 4.69) is 34.3 Å². The molecule has 0 aliphatic carbocycles. The lowest BCUT2D eigenvalue weighted by molar-refractivity contribution is 0.0190. The van der Waals surface area contributed by atoms with E-state index < -0.39 is 0 Å². The van der Waals surface area contributed by atoms with Crippen LogP contribution in [0.15, 0.2) is 18.3 Å². The number of anilines is 1. The Morgan fingerprint density at radius 3 is 2.75 bits per heavy atom. The number of nitrogens with one attached hydrogen (secondary N) is 1. The number of piperidine rings is 1. The molecule has 1 N–H and O–H groups in total. The lowest BCUT2D eigenvalue weighted by Crippen LogP contribution is -2.51. The number of urea groups is 1. The Balaban J connectivity index is 1.50. The molecule has 6 nitrogen and oxygen atoms in total. The average molecular weight is 332 g/mol. The zero-order valence-corrected chi connectivity index (χ0v) is 14.7. The molecule has 1 atom stereocenters. The van der Waals surface area contributed by atoms with Gasteiger partial charge in [-0.1, -0.05) is 13.0 Å². The summed E-state index contributed by atoms with van der Waals surface area (Å²) in [5, 5.41) is 2.98. The minimum absolute atomic E-state index is 0.0279. The molecule has 0 radical (unpaired) electrons. The van der Waals surface area contributed by atoms with Crippen LogP contribution in [-0.4, -0.2) is 54.8 Å². The van der Waals surface area contributed by atoms with Crippen LogP contribution in [0.1, 0.15) is 32.3 Å². The lowest BCUT2D eigenvalue weighted by Gasteiger charge is -2.33. The van der Waals surface area contributed by atoms with Gasteiger partial charge in [0.15, 0.2) is 0 Å². The van der Waals surface area contributed by atoms with E-state index >= 15 is 0 Å². The van der Waals surface area contributed by atoms with Crippen LogP contribution in [-0.2, 0) is 11.3 Å². The molecule has 2 fully saturated rings. The first-order valence-electron chi connectivity index (χ1n) is 8.95. The number of aromatic nitrogens is 1. The highest BCUT2D eigenvalue weighted by molar-refractivity contribution is 5.74. The van der Waals surface area contributed by atoms with E-state index in [1.165, 1.54) is 12.8 Å². The van der Waals surface area contributed by atoms with Crippen molar-refractivity contribution in [2.75, 3.05) is 37.7 Å². The van der Waals surface area contributed by atoms with Crippen molar-refractivity contribution in [3.63, 3.8) is 0 Å². The third kappa shape index (κ3) is 4.17. The Morgan fingerprint density at radius 1 is 1.29 bits per heavy atom. The molecule has 3 rings (SSSR count). The van der Waals surface area contributed by atoms with Crippen LogP contribution in [0.25, 0.3) is 0 Å². The summed E-state index contributed by atoms with van der Waals surface area (Å²) < 4.78 is 5.37. The number of nitrogens with zero attached hydrogens (tertiary/aromatic N) is 3. The summed E-state index contributed by atoms with van der Waals surface area (Å²) in [7, 11) is 0. The predicted octanol–water partition coefficient (Wildman–Crippen LogP) is 2.25. The monoisotopic (exact) mass is 332 g/mol. The zero-order chi connectivity index (χ0) is 16.9. The summed E-state index contributed by atoms with van der Waals surface area (Å²) in [5.41, 5.74) is 1.03. The first kappa shape index (κ1) is 17.0. The molecule has 0 spiro atoms. The Labute approximate surface area is 144 Å². The van der Waals surface area contributed by atoms with E-state index in [1.807, 2.05) is 18.0 Å². The first-order valence-corrected chi connectivity index (χ1v) is 8.95. The van der Waals surface area contributed by atoms with Crippen molar-refractivity contribution in [2.45, 2.75) is 39.3 Å². The fourth-order valence-corrected chi connectivity index (χ4v) is 3.25. The maximum absolute atomic E-state index is 12.3. The molecule has 2 aliphatic rings. The second-order valence-electron chi connectivity index (χ2n) is 6.97. The molecule has 0 aromatic carbocycles. The van der Waals surface area contributed by atoms with Gasteiger partial charge in [-0.05, 0) is 37.3 Å². The summed E-state index contributed by atoms with van der Waals surface area (Å²) in [6.07, 6.45) is 4.34. The second kappa shape index (κ2) is 7.83. The van der Waals surface area contributed by atoms with Crippen LogP contribution in [0.3, 0.4) is 0 Å². The molecule has 3 heterocycles. The van der Waals surface area contributed by atoms with Gasteiger partial charge in [0.05, 0.1) is 19.3 Å². The van der Waals surface area contributed by atoms with Crippen LogP contribution >= 0.6 is 0 Å². The number of amides is 2. The number of hydrogen-bond acceptors (Lipinski definition) is 4. The molecule has 1 aromatic rings. The Bertz CT molecular complexity index is 540. The van der Waals surface area contributed by atoms with E-state index in [9.17, 15) is 4.79 Å². The third-order valence-corrected chi connectivity index (χ3v) is 4.99. The number of rotatable bonds is 3. The molecule has 0 bridgehead atoms. The van der Waals surface area contributed by atoms with Crippen LogP contribution in [0.5, 0.6) is 0 Å². The fourth-order valence-electron chi connectivity index (χ4n) is 3.25. The van der Waals surface area contributed by atoms with Gasteiger partial charge in [0.25, 0.3) is 0 Å². The molecule has 2 aliphatic heterocycles. The minimum Gasteiger partial charge on any atom is -0.377 e. The average Bonchev–Trinajstić information content (AvgIpc) is 2.61. The normalized spacial score (nSPS) is 22.5. The topological polar surface area (TPSA) is 57.7 Å². The molecular formula is C18H28N4O2. The smallest absolute Gasteiger partial charge is 0.318 e. The number of pyridine rings is 1. The summed E-state index contributed by atoms with van der Waals surface area (Å²) >= 11 is 0. The van der Waals surface area contributed by atoms with Crippen molar-refractivity contribution in [3.05, 3.63) is 23.9 Å². The number of carbonyl (C=O) groups is 1. The van der Waals surface area contributed by atoms with Gasteiger partial charge in [0, 0.05) is 32.4 Å². The maximum Gasteiger partial charge on any atom is 0.318 e. The van der Waals surface area contributed by atoms with Gasteiger partial charge in [-0.3, -0.25) is 0 Å². The maximum atomic E-state index is 12.3. The van der Waals surface area contributed by atoms with Crippen molar-refractivity contribution >= 4 is 11.8 Å². The van der Waals surface area contributed by atoms with Crippen LogP contribution in [0, 0.1) is 5.92 Å². The van der Waals surface area contributed by atoms with Gasteiger partial charge in [-0.15, -0.1) is 0 Å². The molecule has 0 saturated carbocycles. The molecule has 24 heavy (non-hydrogen) atoms. The number of hydrogen-bond donors (Lipinski definition) is 1. The third-order valence-electron chi connectivity index (χ3n) is 4.99. The zero-order valence-electron chi connectivity index (χ0n) is 14.7. The van der Waals surface area contributed by atoms with Crippen LogP contribution < -0.4 is 10.2 Å². The first-order chi connectivity index (χ1) is 11.6. The molecule has 132 valence electrons. The van der Waals surface area contributed by atoms with E-state index in [1.54, 1.807) is 0 Å².